The molecule has 0 bridgehead atoms. The van der Waals surface area contributed by atoms with Crippen LogP contribution < -0.4 is 5.32 Å². The fourth-order valence-corrected chi connectivity index (χ4v) is 3.57. The summed E-state index contributed by atoms with van der Waals surface area (Å²) in [5, 5.41) is 3.33. The highest BCUT2D eigenvalue weighted by Gasteiger charge is 2.30. The summed E-state index contributed by atoms with van der Waals surface area (Å²) in [7, 11) is 4.06. The number of rotatable bonds is 3. The van der Waals surface area contributed by atoms with Crippen LogP contribution in [0.1, 0.15) is 57.8 Å². The van der Waals surface area contributed by atoms with Crippen molar-refractivity contribution >= 4 is 5.91 Å². The van der Waals surface area contributed by atoms with Crippen LogP contribution in [0.25, 0.3) is 0 Å². The molecule has 1 N–H and O–H groups in total. The van der Waals surface area contributed by atoms with Crippen molar-refractivity contribution in [2.75, 3.05) is 14.1 Å². The Labute approximate surface area is 111 Å². The van der Waals surface area contributed by atoms with Gasteiger partial charge in [-0.1, -0.05) is 19.3 Å². The highest BCUT2D eigenvalue weighted by atomic mass is 16.2. The highest BCUT2D eigenvalue weighted by Crippen LogP contribution is 2.28. The molecule has 0 radical (unpaired) electrons. The van der Waals surface area contributed by atoms with Gasteiger partial charge in [0.25, 0.3) is 0 Å². The van der Waals surface area contributed by atoms with Crippen molar-refractivity contribution in [1.82, 2.24) is 10.2 Å². The van der Waals surface area contributed by atoms with Crippen LogP contribution in [0.2, 0.25) is 0 Å². The second-order valence-corrected chi connectivity index (χ2v) is 6.08. The maximum Gasteiger partial charge on any atom is 0.225 e. The third kappa shape index (κ3) is 3.25. The molecule has 0 aromatic rings. The first kappa shape index (κ1) is 13.9. The van der Waals surface area contributed by atoms with Crippen LogP contribution in [-0.2, 0) is 4.79 Å². The Morgan fingerprint density at radius 1 is 1.00 bits per heavy atom. The number of nitrogens with zero attached hydrogens (tertiary/aromatic N) is 1. The molecule has 0 aliphatic heterocycles. The van der Waals surface area contributed by atoms with Gasteiger partial charge in [-0.05, 0) is 45.6 Å². The van der Waals surface area contributed by atoms with Gasteiger partial charge in [0.2, 0.25) is 5.91 Å². The van der Waals surface area contributed by atoms with Crippen molar-refractivity contribution < 1.29 is 4.79 Å². The lowest BCUT2D eigenvalue weighted by atomic mass is 9.84. The van der Waals surface area contributed by atoms with Gasteiger partial charge in [-0.15, -0.1) is 0 Å². The summed E-state index contributed by atoms with van der Waals surface area (Å²) < 4.78 is 0. The van der Waals surface area contributed by atoms with Gasteiger partial charge in [0, 0.05) is 25.0 Å². The number of hydrogen-bond donors (Lipinski definition) is 1. The molecular weight excluding hydrogens is 224 g/mol. The SMILES string of the molecule is CNC1CCC(C(=O)N(C)C2CCCCC2)CC1. The molecule has 18 heavy (non-hydrogen) atoms. The van der Waals surface area contributed by atoms with E-state index in [0.29, 0.717) is 23.9 Å². The van der Waals surface area contributed by atoms with Crippen LogP contribution in [0, 0.1) is 5.92 Å². The molecule has 0 atom stereocenters. The topological polar surface area (TPSA) is 32.3 Å². The van der Waals surface area contributed by atoms with E-state index in [0.717, 1.165) is 25.7 Å². The Balaban J connectivity index is 1.83. The standard InChI is InChI=1S/C15H28N2O/c1-16-13-10-8-12(9-11-13)15(18)17(2)14-6-4-3-5-7-14/h12-14,16H,3-11H2,1-2H3. The van der Waals surface area contributed by atoms with Crippen LogP contribution in [0.5, 0.6) is 0 Å². The Hall–Kier alpha value is -0.570. The Kier molecular flexibility index (Phi) is 5.04. The lowest BCUT2D eigenvalue weighted by Gasteiger charge is -2.36. The van der Waals surface area contributed by atoms with Gasteiger partial charge >= 0.3 is 0 Å². The first-order valence-corrected chi connectivity index (χ1v) is 7.66. The molecule has 1 amide bonds. The van der Waals surface area contributed by atoms with Gasteiger partial charge in [-0.25, -0.2) is 0 Å². The highest BCUT2D eigenvalue weighted by molar-refractivity contribution is 5.79. The third-order valence-electron chi connectivity index (χ3n) is 4.95. The maximum absolute atomic E-state index is 12.5. The second kappa shape index (κ2) is 6.55. The first-order chi connectivity index (χ1) is 8.72. The van der Waals surface area contributed by atoms with E-state index in [1.165, 1.54) is 32.1 Å². The number of carbonyl (C=O) groups excluding carboxylic acids is 1. The Morgan fingerprint density at radius 2 is 1.61 bits per heavy atom. The normalized spacial score (nSPS) is 30.1. The van der Waals surface area contributed by atoms with Gasteiger partial charge in [0.15, 0.2) is 0 Å². The van der Waals surface area contributed by atoms with Crippen LogP contribution in [-0.4, -0.2) is 37.0 Å². The smallest absolute Gasteiger partial charge is 0.225 e. The van der Waals surface area contributed by atoms with Crippen molar-refractivity contribution in [3.05, 3.63) is 0 Å². The molecule has 0 aromatic heterocycles. The molecule has 3 heteroatoms. The van der Waals surface area contributed by atoms with Gasteiger partial charge in [-0.2, -0.15) is 0 Å². The molecular formula is C15H28N2O. The van der Waals surface area contributed by atoms with E-state index in [2.05, 4.69) is 10.2 Å². The molecule has 2 saturated carbocycles. The monoisotopic (exact) mass is 252 g/mol. The summed E-state index contributed by atoms with van der Waals surface area (Å²) in [4.78, 5) is 14.6. The third-order valence-corrected chi connectivity index (χ3v) is 4.95. The fourth-order valence-electron chi connectivity index (χ4n) is 3.57. The largest absolute Gasteiger partial charge is 0.343 e. The quantitative estimate of drug-likeness (QED) is 0.837. The number of carbonyl (C=O) groups is 1. The predicted octanol–water partition coefficient (Wildman–Crippen LogP) is 2.56. The maximum atomic E-state index is 12.5. The first-order valence-electron chi connectivity index (χ1n) is 7.66. The van der Waals surface area contributed by atoms with Gasteiger partial charge in [0.1, 0.15) is 0 Å². The molecule has 2 aliphatic rings. The number of hydrogen-bond acceptors (Lipinski definition) is 2. The van der Waals surface area contributed by atoms with Crippen LogP contribution in [0.4, 0.5) is 0 Å². The summed E-state index contributed by atoms with van der Waals surface area (Å²) in [5.41, 5.74) is 0. The van der Waals surface area contributed by atoms with Crippen LogP contribution in [0.15, 0.2) is 0 Å². The van der Waals surface area contributed by atoms with Crippen molar-refractivity contribution in [2.24, 2.45) is 5.92 Å². The van der Waals surface area contributed by atoms with E-state index in [-0.39, 0.29) is 0 Å². The minimum atomic E-state index is 0.293. The van der Waals surface area contributed by atoms with Crippen LogP contribution >= 0.6 is 0 Å². The molecule has 2 aliphatic carbocycles. The van der Waals surface area contributed by atoms with Crippen molar-refractivity contribution in [3.63, 3.8) is 0 Å². The number of nitrogens with one attached hydrogen (secondary N) is 1. The average molecular weight is 252 g/mol. The molecule has 2 fully saturated rings. The molecule has 0 saturated heterocycles. The molecule has 3 nitrogen and oxygen atoms in total. The van der Waals surface area contributed by atoms with Crippen molar-refractivity contribution in [1.29, 1.82) is 0 Å². The zero-order valence-electron chi connectivity index (χ0n) is 12.0. The molecule has 0 spiro atoms. The minimum absolute atomic E-state index is 0.293. The summed E-state index contributed by atoms with van der Waals surface area (Å²) in [6, 6.07) is 1.15. The Bertz CT molecular complexity index is 266. The minimum Gasteiger partial charge on any atom is -0.343 e. The lowest BCUT2D eigenvalue weighted by Crippen LogP contribution is -2.43. The van der Waals surface area contributed by atoms with Crippen molar-refractivity contribution in [3.8, 4) is 0 Å². The Morgan fingerprint density at radius 3 is 2.17 bits per heavy atom. The average Bonchev–Trinajstić information content (AvgIpc) is 2.47. The molecule has 104 valence electrons. The summed E-state index contributed by atoms with van der Waals surface area (Å²) in [5.74, 6) is 0.706. The predicted molar refractivity (Wildman–Crippen MR) is 74.4 cm³/mol. The zero-order chi connectivity index (χ0) is 13.0. The van der Waals surface area contributed by atoms with E-state index in [4.69, 9.17) is 0 Å². The second-order valence-electron chi connectivity index (χ2n) is 6.08. The van der Waals surface area contributed by atoms with E-state index in [1.54, 1.807) is 0 Å². The van der Waals surface area contributed by atoms with Crippen LogP contribution in [0.3, 0.4) is 0 Å². The van der Waals surface area contributed by atoms with Crippen molar-refractivity contribution in [2.45, 2.75) is 69.9 Å². The molecule has 0 unspecified atom stereocenters. The van der Waals surface area contributed by atoms with E-state index >= 15 is 0 Å². The van der Waals surface area contributed by atoms with E-state index < -0.39 is 0 Å². The fraction of sp³-hybridized carbons (Fsp3) is 0.933. The summed E-state index contributed by atoms with van der Waals surface area (Å²) in [6.07, 6.45) is 10.8. The molecule has 0 heterocycles. The van der Waals surface area contributed by atoms with Gasteiger partial charge < -0.3 is 10.2 Å². The number of amides is 1. The zero-order valence-corrected chi connectivity index (χ0v) is 12.0. The molecule has 0 aromatic carbocycles. The lowest BCUT2D eigenvalue weighted by molar-refractivity contribution is -0.138. The summed E-state index contributed by atoms with van der Waals surface area (Å²) >= 11 is 0. The summed E-state index contributed by atoms with van der Waals surface area (Å²) in [6.45, 7) is 0. The van der Waals surface area contributed by atoms with Gasteiger partial charge in [-0.3, -0.25) is 4.79 Å². The van der Waals surface area contributed by atoms with Gasteiger partial charge in [0.05, 0.1) is 0 Å². The van der Waals surface area contributed by atoms with E-state index in [1.807, 2.05) is 14.1 Å². The molecule has 2 rings (SSSR count). The van der Waals surface area contributed by atoms with E-state index in [9.17, 15) is 4.79 Å².